The van der Waals surface area contributed by atoms with Gasteiger partial charge in [0.15, 0.2) is 0 Å². The molecule has 17 heavy (non-hydrogen) atoms. The number of nitrogens with one attached hydrogen (secondary N) is 1. The third kappa shape index (κ3) is 3.35. The van der Waals surface area contributed by atoms with Gasteiger partial charge in [0.1, 0.15) is 0 Å². The minimum absolute atomic E-state index is 0.0778. The van der Waals surface area contributed by atoms with E-state index in [-0.39, 0.29) is 5.91 Å². The molecule has 1 amide bonds. The van der Waals surface area contributed by atoms with Crippen LogP contribution >= 0.6 is 11.6 Å². The predicted molar refractivity (Wildman–Crippen MR) is 68.8 cm³/mol. The molecule has 0 bridgehead atoms. The van der Waals surface area contributed by atoms with Crippen molar-refractivity contribution in [3.63, 3.8) is 0 Å². The van der Waals surface area contributed by atoms with Crippen LogP contribution in [0.3, 0.4) is 0 Å². The minimum Gasteiger partial charge on any atom is -0.399 e. The van der Waals surface area contributed by atoms with Crippen LogP contribution in [0.5, 0.6) is 0 Å². The van der Waals surface area contributed by atoms with Crippen molar-refractivity contribution in [1.29, 1.82) is 0 Å². The normalized spacial score (nSPS) is 17.6. The number of amides is 1. The summed E-state index contributed by atoms with van der Waals surface area (Å²) in [5.74, 6) is 0.0778. The Morgan fingerprint density at radius 3 is 3.06 bits per heavy atom. The van der Waals surface area contributed by atoms with Gasteiger partial charge in [0.2, 0.25) is 5.91 Å². The molecule has 2 rings (SSSR count). The molecular weight excluding hydrogens is 238 g/mol. The Kier molecular flexibility index (Phi) is 3.86. The summed E-state index contributed by atoms with van der Waals surface area (Å²) in [6.07, 6.45) is 0.971. The highest BCUT2D eigenvalue weighted by molar-refractivity contribution is 6.31. The van der Waals surface area contributed by atoms with Crippen molar-refractivity contribution in [2.75, 3.05) is 25.4 Å². The molecule has 0 saturated carbocycles. The molecule has 5 heteroatoms. The Labute approximate surface area is 106 Å². The van der Waals surface area contributed by atoms with Crippen molar-refractivity contribution in [2.24, 2.45) is 0 Å². The number of rotatable bonds is 2. The summed E-state index contributed by atoms with van der Waals surface area (Å²) in [4.78, 5) is 13.5. The van der Waals surface area contributed by atoms with Crippen LogP contribution < -0.4 is 11.1 Å². The first-order chi connectivity index (χ1) is 8.15. The monoisotopic (exact) mass is 253 g/mol. The molecule has 1 aromatic carbocycles. The second-order valence-corrected chi connectivity index (χ2v) is 4.67. The Morgan fingerprint density at radius 1 is 1.47 bits per heavy atom. The summed E-state index contributed by atoms with van der Waals surface area (Å²) in [6, 6.07) is 5.49. The standard InChI is InChI=1S/C12H16ClN3O/c13-11-6-10(14)3-2-9(11)7-16-5-1-4-15-12(17)8-16/h2-3,6H,1,4-5,7-8,14H2,(H,15,17). The highest BCUT2D eigenvalue weighted by atomic mass is 35.5. The number of hydrogen-bond acceptors (Lipinski definition) is 3. The Hall–Kier alpha value is -1.26. The SMILES string of the molecule is Nc1ccc(CN2CCCNC(=O)C2)c(Cl)c1. The van der Waals surface area contributed by atoms with E-state index in [9.17, 15) is 4.79 Å². The molecule has 1 aliphatic heterocycles. The van der Waals surface area contributed by atoms with Crippen LogP contribution in [0.15, 0.2) is 18.2 Å². The molecule has 1 aliphatic rings. The number of carbonyl (C=O) groups excluding carboxylic acids is 1. The second-order valence-electron chi connectivity index (χ2n) is 4.27. The van der Waals surface area contributed by atoms with Crippen LogP contribution in [0, 0.1) is 0 Å². The lowest BCUT2D eigenvalue weighted by Crippen LogP contribution is -2.32. The van der Waals surface area contributed by atoms with E-state index in [0.717, 1.165) is 25.1 Å². The van der Waals surface area contributed by atoms with Crippen molar-refractivity contribution < 1.29 is 4.79 Å². The Morgan fingerprint density at radius 2 is 2.29 bits per heavy atom. The number of nitrogens with two attached hydrogens (primary N) is 1. The first-order valence-electron chi connectivity index (χ1n) is 5.68. The topological polar surface area (TPSA) is 58.4 Å². The summed E-state index contributed by atoms with van der Waals surface area (Å²) >= 11 is 6.12. The third-order valence-corrected chi connectivity index (χ3v) is 3.16. The molecule has 4 nitrogen and oxygen atoms in total. The summed E-state index contributed by atoms with van der Waals surface area (Å²) < 4.78 is 0. The fourth-order valence-corrected chi connectivity index (χ4v) is 2.18. The molecule has 3 N–H and O–H groups in total. The highest BCUT2D eigenvalue weighted by Gasteiger charge is 2.15. The zero-order chi connectivity index (χ0) is 12.3. The van der Waals surface area contributed by atoms with Crippen molar-refractivity contribution >= 4 is 23.2 Å². The Bertz CT molecular complexity index is 422. The van der Waals surface area contributed by atoms with E-state index in [1.807, 2.05) is 12.1 Å². The number of carbonyl (C=O) groups is 1. The molecule has 0 unspecified atom stereocenters. The van der Waals surface area contributed by atoms with Gasteiger partial charge >= 0.3 is 0 Å². The van der Waals surface area contributed by atoms with Crippen LogP contribution in [-0.2, 0) is 11.3 Å². The van der Waals surface area contributed by atoms with E-state index in [2.05, 4.69) is 10.2 Å². The molecule has 1 fully saturated rings. The number of nitrogens with zero attached hydrogens (tertiary/aromatic N) is 1. The zero-order valence-corrected chi connectivity index (χ0v) is 10.3. The fraction of sp³-hybridized carbons (Fsp3) is 0.417. The quantitative estimate of drug-likeness (QED) is 0.780. The molecule has 0 radical (unpaired) electrons. The molecule has 1 aromatic rings. The average molecular weight is 254 g/mol. The molecule has 0 spiro atoms. The molecule has 1 saturated heterocycles. The summed E-state index contributed by atoms with van der Waals surface area (Å²) in [5, 5.41) is 3.51. The van der Waals surface area contributed by atoms with Crippen LogP contribution in [0.1, 0.15) is 12.0 Å². The van der Waals surface area contributed by atoms with Gasteiger partial charge < -0.3 is 11.1 Å². The molecule has 92 valence electrons. The van der Waals surface area contributed by atoms with E-state index < -0.39 is 0 Å². The second kappa shape index (κ2) is 5.38. The number of benzene rings is 1. The molecular formula is C12H16ClN3O. The summed E-state index contributed by atoms with van der Waals surface area (Å²) in [6.45, 7) is 2.78. The predicted octanol–water partition coefficient (Wildman–Crippen LogP) is 1.24. The number of anilines is 1. The maximum atomic E-state index is 11.4. The molecule has 0 aromatic heterocycles. The van der Waals surface area contributed by atoms with E-state index in [1.54, 1.807) is 6.07 Å². The van der Waals surface area contributed by atoms with Crippen molar-refractivity contribution in [2.45, 2.75) is 13.0 Å². The van der Waals surface area contributed by atoms with Gasteiger partial charge in [-0.2, -0.15) is 0 Å². The lowest BCUT2D eigenvalue weighted by Gasteiger charge is -2.19. The van der Waals surface area contributed by atoms with Crippen molar-refractivity contribution in [3.8, 4) is 0 Å². The summed E-state index contributed by atoms with van der Waals surface area (Å²) in [5.41, 5.74) is 7.31. The van der Waals surface area contributed by atoms with E-state index in [0.29, 0.717) is 23.8 Å². The largest absolute Gasteiger partial charge is 0.399 e. The smallest absolute Gasteiger partial charge is 0.234 e. The number of hydrogen-bond donors (Lipinski definition) is 2. The first-order valence-corrected chi connectivity index (χ1v) is 6.06. The maximum Gasteiger partial charge on any atom is 0.234 e. The van der Waals surface area contributed by atoms with E-state index >= 15 is 0 Å². The van der Waals surface area contributed by atoms with Gasteiger partial charge in [-0.05, 0) is 24.1 Å². The van der Waals surface area contributed by atoms with Crippen molar-refractivity contribution in [1.82, 2.24) is 10.2 Å². The Balaban J connectivity index is 2.06. The van der Waals surface area contributed by atoms with Crippen LogP contribution in [-0.4, -0.2) is 30.4 Å². The zero-order valence-electron chi connectivity index (χ0n) is 9.58. The van der Waals surface area contributed by atoms with Crippen LogP contribution in [0.4, 0.5) is 5.69 Å². The fourth-order valence-electron chi connectivity index (χ4n) is 1.94. The van der Waals surface area contributed by atoms with Gasteiger partial charge in [0.25, 0.3) is 0 Å². The lowest BCUT2D eigenvalue weighted by atomic mass is 10.2. The maximum absolute atomic E-state index is 11.4. The number of nitrogen functional groups attached to an aromatic ring is 1. The third-order valence-electron chi connectivity index (χ3n) is 2.81. The van der Waals surface area contributed by atoms with E-state index in [4.69, 9.17) is 17.3 Å². The van der Waals surface area contributed by atoms with Gasteiger partial charge in [-0.3, -0.25) is 9.69 Å². The van der Waals surface area contributed by atoms with Gasteiger partial charge in [-0.1, -0.05) is 17.7 Å². The minimum atomic E-state index is 0.0778. The lowest BCUT2D eigenvalue weighted by molar-refractivity contribution is -0.121. The van der Waals surface area contributed by atoms with E-state index in [1.165, 1.54) is 0 Å². The highest BCUT2D eigenvalue weighted by Crippen LogP contribution is 2.20. The average Bonchev–Trinajstić information content (AvgIpc) is 2.47. The van der Waals surface area contributed by atoms with Gasteiger partial charge in [-0.25, -0.2) is 0 Å². The molecule has 0 aliphatic carbocycles. The number of halogens is 1. The first kappa shape index (κ1) is 12.2. The molecule has 0 atom stereocenters. The van der Waals surface area contributed by atoms with Crippen LogP contribution in [0.2, 0.25) is 5.02 Å². The van der Waals surface area contributed by atoms with Crippen LogP contribution in [0.25, 0.3) is 0 Å². The van der Waals surface area contributed by atoms with Gasteiger partial charge in [0, 0.05) is 30.3 Å². The molecule has 1 heterocycles. The van der Waals surface area contributed by atoms with Gasteiger partial charge in [-0.15, -0.1) is 0 Å². The van der Waals surface area contributed by atoms with Crippen molar-refractivity contribution in [3.05, 3.63) is 28.8 Å². The summed E-state index contributed by atoms with van der Waals surface area (Å²) in [7, 11) is 0. The van der Waals surface area contributed by atoms with Gasteiger partial charge in [0.05, 0.1) is 6.54 Å².